The third-order valence-electron chi connectivity index (χ3n) is 2.59. The monoisotopic (exact) mass is 264 g/mol. The summed E-state index contributed by atoms with van der Waals surface area (Å²) in [5, 5.41) is 0.482. The Bertz CT molecular complexity index is 651. The number of hydrogen-bond acceptors (Lipinski definition) is 4. The number of nitrogen functional groups attached to an aromatic ring is 1. The van der Waals surface area contributed by atoms with Crippen LogP contribution in [0.5, 0.6) is 0 Å². The molecule has 0 atom stereocenters. The van der Waals surface area contributed by atoms with Crippen LogP contribution in [-0.4, -0.2) is 14.5 Å². The van der Waals surface area contributed by atoms with Gasteiger partial charge in [-0.2, -0.15) is 4.98 Å². The van der Waals surface area contributed by atoms with Gasteiger partial charge in [0.15, 0.2) is 0 Å². The van der Waals surface area contributed by atoms with Gasteiger partial charge in [0.1, 0.15) is 5.82 Å². The molecule has 0 saturated heterocycles. The largest absolute Gasteiger partial charge is 0.384 e. The van der Waals surface area contributed by atoms with Gasteiger partial charge in [-0.3, -0.25) is 4.57 Å². The molecule has 5 nitrogen and oxygen atoms in total. The molecule has 0 radical (unpaired) electrons. The number of anilines is 1. The average Bonchev–Trinajstić information content (AvgIpc) is 2.28. The first-order valence-corrected chi connectivity index (χ1v) is 5.81. The molecule has 2 aromatic heterocycles. The topological polar surface area (TPSA) is 73.8 Å². The lowest BCUT2D eigenvalue weighted by molar-refractivity contribution is 0.681. The highest BCUT2D eigenvalue weighted by Crippen LogP contribution is 2.16. The summed E-state index contributed by atoms with van der Waals surface area (Å²) < 4.78 is 1.51. The Labute approximate surface area is 109 Å². The lowest BCUT2D eigenvalue weighted by Gasteiger charge is -2.10. The summed E-state index contributed by atoms with van der Waals surface area (Å²) in [5.74, 6) is 0.375. The third-order valence-corrected chi connectivity index (χ3v) is 2.94. The summed E-state index contributed by atoms with van der Waals surface area (Å²) in [7, 11) is 0. The van der Waals surface area contributed by atoms with Gasteiger partial charge in [0, 0.05) is 11.4 Å². The molecule has 18 heavy (non-hydrogen) atoms. The van der Waals surface area contributed by atoms with E-state index in [2.05, 4.69) is 9.97 Å². The van der Waals surface area contributed by atoms with Crippen molar-refractivity contribution in [2.75, 3.05) is 5.73 Å². The maximum atomic E-state index is 11.8. The molecule has 6 heteroatoms. The first kappa shape index (κ1) is 12.6. The second kappa shape index (κ2) is 4.78. The lowest BCUT2D eigenvalue weighted by Crippen LogP contribution is -2.26. The predicted molar refractivity (Wildman–Crippen MR) is 70.7 cm³/mol. The number of aromatic nitrogens is 3. The average molecular weight is 265 g/mol. The van der Waals surface area contributed by atoms with Crippen LogP contribution in [0.15, 0.2) is 23.0 Å². The molecule has 2 aromatic rings. The minimum atomic E-state index is -0.312. The van der Waals surface area contributed by atoms with E-state index in [9.17, 15) is 4.79 Å². The van der Waals surface area contributed by atoms with Crippen LogP contribution < -0.4 is 11.4 Å². The van der Waals surface area contributed by atoms with E-state index >= 15 is 0 Å². The van der Waals surface area contributed by atoms with Gasteiger partial charge in [-0.15, -0.1) is 0 Å². The van der Waals surface area contributed by atoms with Gasteiger partial charge in [0.25, 0.3) is 0 Å². The van der Waals surface area contributed by atoms with Crippen molar-refractivity contribution in [2.24, 2.45) is 0 Å². The Balaban J connectivity index is 2.46. The molecule has 2 heterocycles. The smallest absolute Gasteiger partial charge is 0.348 e. The molecule has 0 bridgehead atoms. The van der Waals surface area contributed by atoms with Crippen LogP contribution in [0.1, 0.15) is 17.1 Å². The van der Waals surface area contributed by atoms with Gasteiger partial charge in [-0.05, 0) is 32.0 Å². The fourth-order valence-electron chi connectivity index (χ4n) is 1.73. The van der Waals surface area contributed by atoms with Crippen molar-refractivity contribution in [1.29, 1.82) is 0 Å². The molecule has 0 amide bonds. The quantitative estimate of drug-likeness (QED) is 0.893. The molecule has 2 N–H and O–H groups in total. The molecule has 0 unspecified atom stereocenters. The van der Waals surface area contributed by atoms with E-state index < -0.39 is 0 Å². The van der Waals surface area contributed by atoms with E-state index in [-0.39, 0.29) is 12.2 Å². The Kier molecular flexibility index (Phi) is 3.34. The third kappa shape index (κ3) is 2.51. The van der Waals surface area contributed by atoms with E-state index in [4.69, 9.17) is 17.3 Å². The molecule has 94 valence electrons. The summed E-state index contributed by atoms with van der Waals surface area (Å²) >= 11 is 6.03. The van der Waals surface area contributed by atoms with Crippen LogP contribution in [0.25, 0.3) is 0 Å². The second-order valence-corrected chi connectivity index (χ2v) is 4.48. The maximum Gasteiger partial charge on any atom is 0.348 e. The summed E-state index contributed by atoms with van der Waals surface area (Å²) in [6.45, 7) is 3.89. The molecule has 0 aromatic carbocycles. The zero-order valence-electron chi connectivity index (χ0n) is 10.1. The highest BCUT2D eigenvalue weighted by molar-refractivity contribution is 6.31. The number of pyridine rings is 1. The Morgan fingerprint density at radius 2 is 2.06 bits per heavy atom. The minimum Gasteiger partial charge on any atom is -0.384 e. The van der Waals surface area contributed by atoms with Crippen LogP contribution >= 0.6 is 11.6 Å². The minimum absolute atomic E-state index is 0.266. The second-order valence-electron chi connectivity index (χ2n) is 4.07. The summed E-state index contributed by atoms with van der Waals surface area (Å²) in [5.41, 5.74) is 7.37. The Hall–Kier alpha value is -1.88. The zero-order chi connectivity index (χ0) is 13.3. The van der Waals surface area contributed by atoms with Crippen molar-refractivity contribution in [3.63, 3.8) is 0 Å². The normalized spacial score (nSPS) is 10.6. The van der Waals surface area contributed by atoms with Gasteiger partial charge >= 0.3 is 5.69 Å². The van der Waals surface area contributed by atoms with Crippen molar-refractivity contribution < 1.29 is 0 Å². The van der Waals surface area contributed by atoms with Crippen LogP contribution in [-0.2, 0) is 6.54 Å². The highest BCUT2D eigenvalue weighted by Gasteiger charge is 2.08. The number of halogens is 1. The van der Waals surface area contributed by atoms with E-state index in [0.29, 0.717) is 22.2 Å². The number of nitrogens with two attached hydrogens (primary N) is 1. The van der Waals surface area contributed by atoms with Crippen molar-refractivity contribution in [3.05, 3.63) is 50.8 Å². The van der Waals surface area contributed by atoms with Crippen molar-refractivity contribution in [1.82, 2.24) is 14.5 Å². The van der Waals surface area contributed by atoms with Crippen LogP contribution in [0.2, 0.25) is 5.02 Å². The van der Waals surface area contributed by atoms with Crippen LogP contribution in [0, 0.1) is 13.8 Å². The standard InChI is InChI=1S/C12H13ClN4O/c1-7-5-8(2)17(12(18)15-7)6-10-9(13)3-4-11(14)16-10/h3-5H,6H2,1-2H3,(H2,14,16). The molecule has 0 saturated carbocycles. The molecule has 0 spiro atoms. The Morgan fingerprint density at radius 3 is 2.72 bits per heavy atom. The highest BCUT2D eigenvalue weighted by atomic mass is 35.5. The zero-order valence-corrected chi connectivity index (χ0v) is 10.9. The van der Waals surface area contributed by atoms with Crippen LogP contribution in [0.3, 0.4) is 0 Å². The molecule has 0 aliphatic carbocycles. The number of hydrogen-bond donors (Lipinski definition) is 1. The number of nitrogens with zero attached hydrogens (tertiary/aromatic N) is 3. The summed E-state index contributed by atoms with van der Waals surface area (Å²) in [6.07, 6.45) is 0. The molecular weight excluding hydrogens is 252 g/mol. The van der Waals surface area contributed by atoms with Crippen molar-refractivity contribution in [3.8, 4) is 0 Å². The fourth-order valence-corrected chi connectivity index (χ4v) is 1.89. The van der Waals surface area contributed by atoms with Gasteiger partial charge in [-0.1, -0.05) is 11.6 Å². The van der Waals surface area contributed by atoms with E-state index in [1.54, 1.807) is 19.1 Å². The summed E-state index contributed by atoms with van der Waals surface area (Å²) in [4.78, 5) is 19.8. The molecular formula is C12H13ClN4O. The van der Waals surface area contributed by atoms with Gasteiger partial charge in [0.2, 0.25) is 0 Å². The SMILES string of the molecule is Cc1cc(C)n(Cc2nc(N)ccc2Cl)c(=O)n1. The van der Waals surface area contributed by atoms with E-state index in [1.807, 2.05) is 13.0 Å². The predicted octanol–water partition coefficient (Wildman–Crippen LogP) is 1.54. The van der Waals surface area contributed by atoms with Crippen molar-refractivity contribution >= 4 is 17.4 Å². The van der Waals surface area contributed by atoms with E-state index in [1.165, 1.54) is 4.57 Å². The maximum absolute atomic E-state index is 11.8. The molecule has 2 rings (SSSR count). The van der Waals surface area contributed by atoms with Gasteiger partial charge in [0.05, 0.1) is 17.3 Å². The molecule has 0 aliphatic rings. The summed E-state index contributed by atoms with van der Waals surface area (Å²) in [6, 6.07) is 5.12. The molecule has 0 aliphatic heterocycles. The fraction of sp³-hybridized carbons (Fsp3) is 0.250. The van der Waals surface area contributed by atoms with E-state index in [0.717, 1.165) is 5.69 Å². The number of aryl methyl sites for hydroxylation is 2. The first-order valence-electron chi connectivity index (χ1n) is 5.43. The van der Waals surface area contributed by atoms with Crippen LogP contribution in [0.4, 0.5) is 5.82 Å². The van der Waals surface area contributed by atoms with Crippen molar-refractivity contribution in [2.45, 2.75) is 20.4 Å². The lowest BCUT2D eigenvalue weighted by atomic mass is 10.3. The molecule has 0 fully saturated rings. The van der Waals surface area contributed by atoms with Gasteiger partial charge < -0.3 is 5.73 Å². The number of rotatable bonds is 2. The van der Waals surface area contributed by atoms with Gasteiger partial charge in [-0.25, -0.2) is 9.78 Å². The Morgan fingerprint density at radius 1 is 1.33 bits per heavy atom. The first-order chi connectivity index (χ1) is 8.47.